The molecule has 0 saturated heterocycles. The molecule has 3 nitrogen and oxygen atoms in total. The fourth-order valence-electron chi connectivity index (χ4n) is 1.66. The van der Waals surface area contributed by atoms with Gasteiger partial charge in [-0.1, -0.05) is 12.1 Å². The summed E-state index contributed by atoms with van der Waals surface area (Å²) in [5, 5.41) is 3.35. The molecule has 1 heterocycles. The highest BCUT2D eigenvalue weighted by Gasteiger charge is 2.05. The van der Waals surface area contributed by atoms with Gasteiger partial charge in [-0.3, -0.25) is 0 Å². The molecule has 0 fully saturated rings. The van der Waals surface area contributed by atoms with Crippen LogP contribution in [0.15, 0.2) is 47.1 Å². The van der Waals surface area contributed by atoms with Crippen molar-refractivity contribution < 1.29 is 4.74 Å². The number of hydrogen-bond donors (Lipinski definition) is 1. The highest BCUT2D eigenvalue weighted by atomic mass is 79.9. The topological polar surface area (TPSA) is 34.1 Å². The lowest BCUT2D eigenvalue weighted by molar-refractivity contribution is 0.414. The zero-order valence-electron chi connectivity index (χ0n) is 10.4. The van der Waals surface area contributed by atoms with E-state index in [9.17, 15) is 0 Å². The number of anilines is 1. The lowest BCUT2D eigenvalue weighted by Gasteiger charge is -2.15. The molecule has 0 saturated carbocycles. The van der Waals surface area contributed by atoms with Crippen molar-refractivity contribution in [3.63, 3.8) is 0 Å². The summed E-state index contributed by atoms with van der Waals surface area (Å²) >= 11 is 3.37. The van der Waals surface area contributed by atoms with Gasteiger partial charge in [-0.2, -0.15) is 0 Å². The highest BCUT2D eigenvalue weighted by molar-refractivity contribution is 9.10. The monoisotopic (exact) mass is 306 g/mol. The van der Waals surface area contributed by atoms with Crippen molar-refractivity contribution in [2.75, 3.05) is 12.4 Å². The van der Waals surface area contributed by atoms with Gasteiger partial charge in [-0.25, -0.2) is 4.98 Å². The minimum absolute atomic E-state index is 0.199. The first-order valence-corrected chi connectivity index (χ1v) is 6.50. The van der Waals surface area contributed by atoms with Crippen molar-refractivity contribution in [2.45, 2.75) is 13.0 Å². The average Bonchev–Trinajstić information content (AvgIpc) is 2.41. The summed E-state index contributed by atoms with van der Waals surface area (Å²) in [6, 6.07) is 12.1. The maximum Gasteiger partial charge on any atom is 0.126 e. The van der Waals surface area contributed by atoms with E-state index in [1.807, 2.05) is 24.3 Å². The van der Waals surface area contributed by atoms with E-state index in [-0.39, 0.29) is 6.04 Å². The third kappa shape index (κ3) is 3.23. The van der Waals surface area contributed by atoms with Gasteiger partial charge in [-0.15, -0.1) is 0 Å². The molecule has 1 aromatic heterocycles. The fraction of sp³-hybridized carbons (Fsp3) is 0.214. The number of nitrogens with zero attached hydrogens (tertiary/aromatic N) is 1. The first-order chi connectivity index (χ1) is 8.69. The lowest BCUT2D eigenvalue weighted by atomic mass is 10.1. The fourth-order valence-corrected chi connectivity index (χ4v) is 1.89. The predicted octanol–water partition coefficient (Wildman–Crippen LogP) is 4.03. The van der Waals surface area contributed by atoms with Gasteiger partial charge in [0.2, 0.25) is 0 Å². The molecule has 1 atom stereocenters. The van der Waals surface area contributed by atoms with E-state index in [2.05, 4.69) is 45.3 Å². The molecule has 1 unspecified atom stereocenters. The van der Waals surface area contributed by atoms with Crippen molar-refractivity contribution in [2.24, 2.45) is 0 Å². The molecule has 0 aliphatic rings. The molecule has 2 aromatic rings. The highest BCUT2D eigenvalue weighted by Crippen LogP contribution is 2.21. The molecule has 18 heavy (non-hydrogen) atoms. The van der Waals surface area contributed by atoms with E-state index in [1.54, 1.807) is 13.3 Å². The van der Waals surface area contributed by atoms with E-state index in [0.717, 1.165) is 16.0 Å². The van der Waals surface area contributed by atoms with Gasteiger partial charge >= 0.3 is 0 Å². The molecule has 1 aromatic carbocycles. The Bertz CT molecular complexity index is 496. The molecule has 0 bridgehead atoms. The number of aromatic nitrogens is 1. The van der Waals surface area contributed by atoms with Gasteiger partial charge < -0.3 is 10.1 Å². The Morgan fingerprint density at radius 3 is 2.44 bits per heavy atom. The van der Waals surface area contributed by atoms with Crippen molar-refractivity contribution >= 4 is 21.7 Å². The molecule has 94 valence electrons. The van der Waals surface area contributed by atoms with Gasteiger partial charge in [0.05, 0.1) is 7.11 Å². The number of hydrogen-bond acceptors (Lipinski definition) is 3. The Morgan fingerprint density at radius 2 is 1.89 bits per heavy atom. The van der Waals surface area contributed by atoms with Crippen molar-refractivity contribution in [3.8, 4) is 5.75 Å². The van der Waals surface area contributed by atoms with Gasteiger partial charge in [0.25, 0.3) is 0 Å². The molecule has 2 rings (SSSR count). The predicted molar refractivity (Wildman–Crippen MR) is 77.0 cm³/mol. The van der Waals surface area contributed by atoms with Crippen LogP contribution in [0.25, 0.3) is 0 Å². The Labute approximate surface area is 115 Å². The summed E-state index contributed by atoms with van der Waals surface area (Å²) < 4.78 is 6.12. The lowest BCUT2D eigenvalue weighted by Crippen LogP contribution is -2.07. The molecule has 0 radical (unpaired) electrons. The van der Waals surface area contributed by atoms with Crippen LogP contribution in [0.2, 0.25) is 0 Å². The standard InChI is InChI=1S/C14H15BrN2O/c1-10(11-3-6-13(18-2)7-4-11)17-14-8-5-12(15)9-16-14/h3-10H,1-2H3,(H,16,17). The zero-order chi connectivity index (χ0) is 13.0. The number of pyridine rings is 1. The number of ether oxygens (including phenoxy) is 1. The second-order valence-corrected chi connectivity index (χ2v) is 4.92. The van der Waals surface area contributed by atoms with Gasteiger partial charge in [0.1, 0.15) is 11.6 Å². The van der Waals surface area contributed by atoms with Gasteiger partial charge in [0.15, 0.2) is 0 Å². The molecule has 0 spiro atoms. The smallest absolute Gasteiger partial charge is 0.126 e. The van der Waals surface area contributed by atoms with Crippen LogP contribution in [0.3, 0.4) is 0 Å². The number of methoxy groups -OCH3 is 1. The Balaban J connectivity index is 2.06. The maximum absolute atomic E-state index is 5.14. The van der Waals surface area contributed by atoms with Crippen molar-refractivity contribution in [1.82, 2.24) is 4.98 Å². The third-order valence-corrected chi connectivity index (χ3v) is 3.18. The van der Waals surface area contributed by atoms with E-state index >= 15 is 0 Å². The summed E-state index contributed by atoms with van der Waals surface area (Å²) in [5.41, 5.74) is 1.19. The van der Waals surface area contributed by atoms with Crippen LogP contribution >= 0.6 is 15.9 Å². The summed E-state index contributed by atoms with van der Waals surface area (Å²) in [6.07, 6.45) is 1.78. The Morgan fingerprint density at radius 1 is 1.17 bits per heavy atom. The largest absolute Gasteiger partial charge is 0.497 e. The van der Waals surface area contributed by atoms with E-state index in [4.69, 9.17) is 4.74 Å². The van der Waals surface area contributed by atoms with Gasteiger partial charge in [-0.05, 0) is 52.7 Å². The molecule has 4 heteroatoms. The second-order valence-electron chi connectivity index (χ2n) is 4.00. The number of nitrogens with one attached hydrogen (secondary N) is 1. The Kier molecular flexibility index (Phi) is 4.20. The SMILES string of the molecule is COc1ccc(C(C)Nc2ccc(Br)cn2)cc1. The number of halogens is 1. The Hall–Kier alpha value is -1.55. The molecular weight excluding hydrogens is 292 g/mol. The number of benzene rings is 1. The van der Waals surface area contributed by atoms with Crippen molar-refractivity contribution in [3.05, 3.63) is 52.6 Å². The normalized spacial score (nSPS) is 11.9. The minimum Gasteiger partial charge on any atom is -0.497 e. The van der Waals surface area contributed by atoms with Crippen molar-refractivity contribution in [1.29, 1.82) is 0 Å². The molecular formula is C14H15BrN2O. The van der Waals surface area contributed by atoms with Gasteiger partial charge in [0, 0.05) is 16.7 Å². The maximum atomic E-state index is 5.14. The molecule has 1 N–H and O–H groups in total. The molecule has 0 aliphatic carbocycles. The molecule has 0 aliphatic heterocycles. The van der Waals surface area contributed by atoms with Crippen LogP contribution < -0.4 is 10.1 Å². The van der Waals surface area contributed by atoms with E-state index in [0.29, 0.717) is 0 Å². The van der Waals surface area contributed by atoms with Crippen LogP contribution in [0.4, 0.5) is 5.82 Å². The van der Waals surface area contributed by atoms with Crippen LogP contribution in [-0.4, -0.2) is 12.1 Å². The van der Waals surface area contributed by atoms with Crippen LogP contribution in [0.5, 0.6) is 5.75 Å². The average molecular weight is 307 g/mol. The van der Waals surface area contributed by atoms with Crippen LogP contribution in [0.1, 0.15) is 18.5 Å². The van der Waals surface area contributed by atoms with Crippen LogP contribution in [0, 0.1) is 0 Å². The van der Waals surface area contributed by atoms with E-state index in [1.165, 1.54) is 5.56 Å². The summed E-state index contributed by atoms with van der Waals surface area (Å²) in [5.74, 6) is 1.73. The van der Waals surface area contributed by atoms with E-state index < -0.39 is 0 Å². The zero-order valence-corrected chi connectivity index (χ0v) is 11.9. The summed E-state index contributed by atoms with van der Waals surface area (Å²) in [6.45, 7) is 2.10. The quantitative estimate of drug-likeness (QED) is 0.926. The van der Waals surface area contributed by atoms with Crippen LogP contribution in [-0.2, 0) is 0 Å². The number of rotatable bonds is 4. The second kappa shape index (κ2) is 5.87. The first kappa shape index (κ1) is 12.9. The summed E-state index contributed by atoms with van der Waals surface area (Å²) in [7, 11) is 1.67. The minimum atomic E-state index is 0.199. The summed E-state index contributed by atoms with van der Waals surface area (Å²) in [4.78, 5) is 4.29. The third-order valence-electron chi connectivity index (χ3n) is 2.71. The first-order valence-electron chi connectivity index (χ1n) is 5.71. The molecule has 0 amide bonds.